The number of hydrogen-bond donors (Lipinski definition) is 5. The lowest BCUT2D eigenvalue weighted by Crippen LogP contribution is -2.54. The molecule has 2 aromatic heterocycles. The van der Waals surface area contributed by atoms with Gasteiger partial charge in [-0.05, 0) is 12.1 Å². The monoisotopic (exact) mass is 609 g/mol. The third-order valence-electron chi connectivity index (χ3n) is 7.31. The van der Waals surface area contributed by atoms with Crippen LogP contribution >= 0.6 is 24.8 Å². The number of nitrogens with one attached hydrogen (secondary N) is 2. The van der Waals surface area contributed by atoms with Gasteiger partial charge in [-0.3, -0.25) is 23.9 Å². The SMILES string of the molecule is Cl.Cl.Nc1ncnc2c1ncn2[C@H]1O[C@@H](C(=O)N2CCN(CC(=O)Nc3cccc4c3CNC4=O)CC2)[C@H](O)[C@@H]1O. The molecule has 17 heteroatoms. The summed E-state index contributed by atoms with van der Waals surface area (Å²) in [4.78, 5) is 53.4. The number of carbonyl (C=O) groups excluding carboxylic acids is 3. The van der Waals surface area contributed by atoms with Crippen molar-refractivity contribution >= 4 is 65.2 Å². The van der Waals surface area contributed by atoms with Crippen LogP contribution in [0.2, 0.25) is 0 Å². The van der Waals surface area contributed by atoms with Gasteiger partial charge < -0.3 is 36.2 Å². The van der Waals surface area contributed by atoms with E-state index in [2.05, 4.69) is 25.6 Å². The second-order valence-electron chi connectivity index (χ2n) is 9.68. The number of aromatic nitrogens is 4. The van der Waals surface area contributed by atoms with Gasteiger partial charge in [0.1, 0.15) is 24.1 Å². The molecule has 6 N–H and O–H groups in total. The molecule has 0 bridgehead atoms. The van der Waals surface area contributed by atoms with Crippen molar-refractivity contribution in [2.45, 2.75) is 31.1 Å². The zero-order chi connectivity index (χ0) is 27.3. The highest BCUT2D eigenvalue weighted by atomic mass is 35.5. The smallest absolute Gasteiger partial charge is 0.254 e. The highest BCUT2D eigenvalue weighted by molar-refractivity contribution is 6.02. The number of aliphatic hydroxyl groups excluding tert-OH is 2. The Balaban J connectivity index is 0.00000194. The average Bonchev–Trinajstić information content (AvgIpc) is 3.61. The lowest BCUT2D eigenvalue weighted by atomic mass is 10.1. The number of halogens is 2. The molecule has 0 aliphatic carbocycles. The topological polar surface area (TPSA) is 201 Å². The Hall–Kier alpha value is -3.60. The van der Waals surface area contributed by atoms with E-state index in [-0.39, 0.29) is 49.0 Å². The van der Waals surface area contributed by atoms with Crippen molar-refractivity contribution in [3.8, 4) is 0 Å². The van der Waals surface area contributed by atoms with Gasteiger partial charge in [-0.25, -0.2) is 15.0 Å². The van der Waals surface area contributed by atoms with E-state index < -0.39 is 30.4 Å². The quantitative estimate of drug-likeness (QED) is 0.235. The van der Waals surface area contributed by atoms with Gasteiger partial charge >= 0.3 is 0 Å². The minimum absolute atomic E-state index is 0. The predicted octanol–water partition coefficient (Wildman–Crippen LogP) is -1.10. The van der Waals surface area contributed by atoms with Gasteiger partial charge in [0.15, 0.2) is 23.8 Å². The number of nitrogens with two attached hydrogens (primary N) is 1. The maximum absolute atomic E-state index is 13.2. The van der Waals surface area contributed by atoms with Crippen LogP contribution in [-0.2, 0) is 20.9 Å². The number of carbonyl (C=O) groups is 3. The summed E-state index contributed by atoms with van der Waals surface area (Å²) >= 11 is 0. The number of benzene rings is 1. The van der Waals surface area contributed by atoms with Crippen molar-refractivity contribution in [3.63, 3.8) is 0 Å². The molecule has 2 fully saturated rings. The van der Waals surface area contributed by atoms with Gasteiger partial charge in [0, 0.05) is 49.5 Å². The number of hydrogen-bond acceptors (Lipinski definition) is 11. The second kappa shape index (κ2) is 12.1. The molecule has 6 rings (SSSR count). The van der Waals surface area contributed by atoms with E-state index in [4.69, 9.17) is 10.5 Å². The highest BCUT2D eigenvalue weighted by Crippen LogP contribution is 2.33. The van der Waals surface area contributed by atoms with Crippen molar-refractivity contribution in [2.75, 3.05) is 43.8 Å². The van der Waals surface area contributed by atoms with Crippen LogP contribution in [0, 0.1) is 0 Å². The van der Waals surface area contributed by atoms with Crippen molar-refractivity contribution < 1.29 is 29.3 Å². The van der Waals surface area contributed by atoms with E-state index in [0.29, 0.717) is 55.1 Å². The predicted molar refractivity (Wildman–Crippen MR) is 149 cm³/mol. The van der Waals surface area contributed by atoms with Gasteiger partial charge in [-0.15, -0.1) is 24.8 Å². The van der Waals surface area contributed by atoms with E-state index in [1.54, 1.807) is 23.1 Å². The summed E-state index contributed by atoms with van der Waals surface area (Å²) < 4.78 is 7.23. The number of ether oxygens (including phenoxy) is 1. The Morgan fingerprint density at radius 2 is 1.85 bits per heavy atom. The number of nitrogens with zero attached hydrogens (tertiary/aromatic N) is 6. The van der Waals surface area contributed by atoms with Gasteiger partial charge in [0.2, 0.25) is 5.91 Å². The molecule has 3 aliphatic heterocycles. The summed E-state index contributed by atoms with van der Waals surface area (Å²) in [5.41, 5.74) is 8.38. The molecule has 0 radical (unpaired) electrons. The van der Waals surface area contributed by atoms with Gasteiger partial charge in [0.25, 0.3) is 11.8 Å². The molecule has 4 atom stereocenters. The zero-order valence-corrected chi connectivity index (χ0v) is 23.2. The first-order chi connectivity index (χ1) is 18.8. The largest absolute Gasteiger partial charge is 0.387 e. The Kier molecular flexibility index (Phi) is 8.96. The highest BCUT2D eigenvalue weighted by Gasteiger charge is 2.49. The van der Waals surface area contributed by atoms with Crippen molar-refractivity contribution in [2.24, 2.45) is 0 Å². The number of imidazole rings is 1. The lowest BCUT2D eigenvalue weighted by Gasteiger charge is -2.35. The van der Waals surface area contributed by atoms with Crippen LogP contribution in [0.15, 0.2) is 30.9 Å². The van der Waals surface area contributed by atoms with E-state index in [1.165, 1.54) is 17.2 Å². The first-order valence-corrected chi connectivity index (χ1v) is 12.5. The molecular weight excluding hydrogens is 581 g/mol. The molecular formula is C24H29Cl2N9O6. The summed E-state index contributed by atoms with van der Waals surface area (Å²) in [5, 5.41) is 26.9. The van der Waals surface area contributed by atoms with Gasteiger partial charge in [-0.2, -0.15) is 0 Å². The van der Waals surface area contributed by atoms with E-state index >= 15 is 0 Å². The van der Waals surface area contributed by atoms with Crippen LogP contribution in [0.25, 0.3) is 11.2 Å². The van der Waals surface area contributed by atoms with E-state index in [9.17, 15) is 24.6 Å². The van der Waals surface area contributed by atoms with Crippen molar-refractivity contribution in [1.82, 2.24) is 34.6 Å². The van der Waals surface area contributed by atoms with Gasteiger partial charge in [0.05, 0.1) is 12.9 Å². The summed E-state index contributed by atoms with van der Waals surface area (Å²) in [7, 11) is 0. The Bertz CT molecular complexity index is 1460. The number of amides is 3. The average molecular weight is 610 g/mol. The van der Waals surface area contributed by atoms with E-state index in [0.717, 1.165) is 5.56 Å². The van der Waals surface area contributed by atoms with E-state index in [1.807, 2.05) is 4.90 Å². The second-order valence-corrected chi connectivity index (χ2v) is 9.68. The minimum atomic E-state index is -1.46. The van der Waals surface area contributed by atoms with Crippen LogP contribution in [0.4, 0.5) is 11.5 Å². The molecule has 1 aromatic carbocycles. The molecule has 3 amide bonds. The summed E-state index contributed by atoms with van der Waals surface area (Å²) in [6, 6.07) is 5.21. The van der Waals surface area contributed by atoms with Crippen molar-refractivity contribution in [3.05, 3.63) is 42.0 Å². The molecule has 2 saturated heterocycles. The first kappa shape index (κ1) is 30.4. The standard InChI is InChI=1S/C24H27N9O6.2ClH/c25-20-16-21(28-10-27-20)33(11-29-16)24-18(36)17(35)19(39-24)23(38)32-6-4-31(5-7-32)9-15(34)30-14-3-1-2-12-13(14)8-26-22(12)37;;/h1-3,10-11,17-19,24,35-36H,4-9H2,(H,26,37)(H,30,34)(H2,25,27,28);2*1H/t17-,18+,19-,24+;;/m1../s1. The van der Waals surface area contributed by atoms with Crippen LogP contribution in [0.5, 0.6) is 0 Å². The first-order valence-electron chi connectivity index (χ1n) is 12.5. The molecule has 3 aliphatic rings. The molecule has 15 nitrogen and oxygen atoms in total. The minimum Gasteiger partial charge on any atom is -0.387 e. The van der Waals surface area contributed by atoms with Crippen LogP contribution < -0.4 is 16.4 Å². The molecule has 41 heavy (non-hydrogen) atoms. The maximum atomic E-state index is 13.2. The summed E-state index contributed by atoms with van der Waals surface area (Å²) in [6.07, 6.45) is -2.62. The van der Waals surface area contributed by atoms with Crippen LogP contribution in [0.3, 0.4) is 0 Å². The number of rotatable bonds is 5. The zero-order valence-electron chi connectivity index (χ0n) is 21.5. The number of fused-ring (bicyclic) bond motifs is 2. The third kappa shape index (κ3) is 5.51. The van der Waals surface area contributed by atoms with Crippen LogP contribution in [0.1, 0.15) is 22.1 Å². The van der Waals surface area contributed by atoms with Crippen molar-refractivity contribution in [1.29, 1.82) is 0 Å². The number of nitrogen functional groups attached to an aromatic ring is 1. The molecule has 0 saturated carbocycles. The molecule has 0 unspecified atom stereocenters. The number of anilines is 2. The molecule has 3 aromatic rings. The third-order valence-corrected chi connectivity index (χ3v) is 7.31. The van der Waals surface area contributed by atoms with Crippen LogP contribution in [-0.4, -0.2) is 108 Å². The molecule has 0 spiro atoms. The fraction of sp³-hybridized carbons (Fsp3) is 0.417. The number of aliphatic hydroxyl groups is 2. The number of piperazine rings is 1. The molecule has 5 heterocycles. The Morgan fingerprint density at radius 1 is 1.10 bits per heavy atom. The summed E-state index contributed by atoms with van der Waals surface area (Å²) in [6.45, 7) is 1.99. The maximum Gasteiger partial charge on any atom is 0.254 e. The fourth-order valence-corrected chi connectivity index (χ4v) is 5.22. The fourth-order valence-electron chi connectivity index (χ4n) is 5.22. The molecule has 220 valence electrons. The lowest BCUT2D eigenvalue weighted by molar-refractivity contribution is -0.150. The van der Waals surface area contributed by atoms with Gasteiger partial charge in [-0.1, -0.05) is 6.07 Å². The summed E-state index contributed by atoms with van der Waals surface area (Å²) in [5.74, 6) is -0.677. The Labute approximate surface area is 245 Å². The Morgan fingerprint density at radius 3 is 2.61 bits per heavy atom. The normalized spacial score (nSPS) is 23.9.